The van der Waals surface area contributed by atoms with Crippen molar-refractivity contribution in [3.05, 3.63) is 48.4 Å². The standard InChI is InChI=1S/C20H18N4O5S/c1-25-14-6-4-5-12(7-14)18-22-21-17(28-18)11-30-20-24-23-19(29-20)13-8-15(26-2)10-16(9-13)27-3/h4-10H,11H2,1-3H3. The fourth-order valence-electron chi connectivity index (χ4n) is 2.62. The summed E-state index contributed by atoms with van der Waals surface area (Å²) in [6, 6.07) is 12.8. The number of hydrogen-bond acceptors (Lipinski definition) is 10. The Morgan fingerprint density at radius 1 is 0.733 bits per heavy atom. The average molecular weight is 426 g/mol. The number of aromatic nitrogens is 4. The molecule has 4 aromatic rings. The number of rotatable bonds is 8. The Morgan fingerprint density at radius 3 is 2.13 bits per heavy atom. The zero-order chi connectivity index (χ0) is 20.9. The molecule has 2 aromatic carbocycles. The summed E-state index contributed by atoms with van der Waals surface area (Å²) in [6.45, 7) is 0. The highest BCUT2D eigenvalue weighted by Gasteiger charge is 2.14. The van der Waals surface area contributed by atoms with Crippen LogP contribution in [0.1, 0.15) is 5.89 Å². The van der Waals surface area contributed by atoms with Crippen molar-refractivity contribution in [2.45, 2.75) is 11.0 Å². The Morgan fingerprint density at radius 2 is 1.40 bits per heavy atom. The molecular formula is C20H18N4O5S. The number of hydrogen-bond donors (Lipinski definition) is 0. The second-order valence-corrected chi connectivity index (χ2v) is 6.92. The van der Waals surface area contributed by atoms with Crippen molar-refractivity contribution in [1.82, 2.24) is 20.4 Å². The lowest BCUT2D eigenvalue weighted by Gasteiger charge is -2.05. The zero-order valence-corrected chi connectivity index (χ0v) is 17.3. The van der Waals surface area contributed by atoms with Gasteiger partial charge in [0.2, 0.25) is 17.7 Å². The van der Waals surface area contributed by atoms with Crippen LogP contribution in [0.3, 0.4) is 0 Å². The van der Waals surface area contributed by atoms with Gasteiger partial charge in [-0.25, -0.2) is 0 Å². The molecule has 154 valence electrons. The topological polar surface area (TPSA) is 106 Å². The van der Waals surface area contributed by atoms with Crippen LogP contribution in [-0.2, 0) is 5.75 Å². The predicted molar refractivity (Wildman–Crippen MR) is 109 cm³/mol. The molecule has 4 rings (SSSR count). The fourth-order valence-corrected chi connectivity index (χ4v) is 3.22. The molecule has 0 aliphatic rings. The predicted octanol–water partition coefficient (Wildman–Crippen LogP) is 4.10. The third-order valence-electron chi connectivity index (χ3n) is 4.11. The largest absolute Gasteiger partial charge is 0.497 e. The van der Waals surface area contributed by atoms with Crippen molar-refractivity contribution in [2.24, 2.45) is 0 Å². The summed E-state index contributed by atoms with van der Waals surface area (Å²) >= 11 is 1.30. The number of nitrogens with zero attached hydrogens (tertiary/aromatic N) is 4. The second kappa shape index (κ2) is 8.87. The van der Waals surface area contributed by atoms with E-state index in [0.29, 0.717) is 51.5 Å². The van der Waals surface area contributed by atoms with Gasteiger partial charge in [0.25, 0.3) is 5.22 Å². The van der Waals surface area contributed by atoms with Gasteiger partial charge in [-0.2, -0.15) is 0 Å². The van der Waals surface area contributed by atoms with Crippen LogP contribution in [0.15, 0.2) is 56.5 Å². The third-order valence-corrected chi connectivity index (χ3v) is 4.91. The lowest BCUT2D eigenvalue weighted by Crippen LogP contribution is -1.88. The van der Waals surface area contributed by atoms with Crippen molar-refractivity contribution >= 4 is 11.8 Å². The van der Waals surface area contributed by atoms with E-state index in [1.165, 1.54) is 11.8 Å². The Hall–Kier alpha value is -3.53. The van der Waals surface area contributed by atoms with Crippen LogP contribution >= 0.6 is 11.8 Å². The molecule has 0 fully saturated rings. The number of ether oxygens (including phenoxy) is 3. The molecule has 0 atom stereocenters. The molecule has 2 heterocycles. The average Bonchev–Trinajstić information content (AvgIpc) is 3.47. The van der Waals surface area contributed by atoms with Crippen LogP contribution in [0.4, 0.5) is 0 Å². The second-order valence-electron chi connectivity index (χ2n) is 6.00. The molecule has 0 aliphatic carbocycles. The van der Waals surface area contributed by atoms with Crippen LogP contribution in [0.2, 0.25) is 0 Å². The first-order chi connectivity index (χ1) is 14.7. The monoisotopic (exact) mass is 426 g/mol. The first-order valence-corrected chi connectivity index (χ1v) is 9.83. The van der Waals surface area contributed by atoms with Crippen molar-refractivity contribution in [2.75, 3.05) is 21.3 Å². The molecular weight excluding hydrogens is 408 g/mol. The number of benzene rings is 2. The van der Waals surface area contributed by atoms with Gasteiger partial charge in [0, 0.05) is 17.2 Å². The quantitative estimate of drug-likeness (QED) is 0.382. The van der Waals surface area contributed by atoms with Gasteiger partial charge in [0.05, 0.1) is 27.1 Å². The van der Waals surface area contributed by atoms with Gasteiger partial charge >= 0.3 is 0 Å². The van der Waals surface area contributed by atoms with Crippen LogP contribution in [-0.4, -0.2) is 41.7 Å². The van der Waals surface area contributed by atoms with Crippen LogP contribution < -0.4 is 14.2 Å². The summed E-state index contributed by atoms with van der Waals surface area (Å²) in [5.74, 6) is 3.59. The van der Waals surface area contributed by atoms with Crippen molar-refractivity contribution in [3.8, 4) is 40.2 Å². The summed E-state index contributed by atoms with van der Waals surface area (Å²) < 4.78 is 27.2. The van der Waals surface area contributed by atoms with Gasteiger partial charge < -0.3 is 23.0 Å². The molecule has 0 amide bonds. The third kappa shape index (κ3) is 4.38. The molecule has 0 saturated heterocycles. The van der Waals surface area contributed by atoms with Gasteiger partial charge in [-0.15, -0.1) is 20.4 Å². The highest BCUT2D eigenvalue weighted by atomic mass is 32.2. The van der Waals surface area contributed by atoms with Gasteiger partial charge in [-0.1, -0.05) is 17.8 Å². The molecule has 0 spiro atoms. The first kappa shape index (κ1) is 19.8. The smallest absolute Gasteiger partial charge is 0.277 e. The molecule has 0 aliphatic heterocycles. The van der Waals surface area contributed by atoms with E-state index < -0.39 is 0 Å². The summed E-state index contributed by atoms with van der Waals surface area (Å²) in [4.78, 5) is 0. The zero-order valence-electron chi connectivity index (χ0n) is 16.5. The Labute approximate surface area is 176 Å². The van der Waals surface area contributed by atoms with Crippen LogP contribution in [0.5, 0.6) is 17.2 Å². The molecule has 10 heteroatoms. The molecule has 0 unspecified atom stereocenters. The van der Waals surface area contributed by atoms with Gasteiger partial charge in [-0.05, 0) is 30.3 Å². The van der Waals surface area contributed by atoms with E-state index in [9.17, 15) is 0 Å². The van der Waals surface area contributed by atoms with Crippen LogP contribution in [0, 0.1) is 0 Å². The fraction of sp³-hybridized carbons (Fsp3) is 0.200. The lowest BCUT2D eigenvalue weighted by atomic mass is 10.2. The lowest BCUT2D eigenvalue weighted by molar-refractivity contribution is 0.394. The van der Waals surface area contributed by atoms with Crippen molar-refractivity contribution < 1.29 is 23.0 Å². The molecule has 9 nitrogen and oxygen atoms in total. The highest BCUT2D eigenvalue weighted by molar-refractivity contribution is 7.98. The molecule has 2 aromatic heterocycles. The van der Waals surface area contributed by atoms with E-state index in [1.54, 1.807) is 39.5 Å². The maximum atomic E-state index is 5.74. The molecule has 0 radical (unpaired) electrons. The SMILES string of the molecule is COc1cccc(-c2nnc(CSc3nnc(-c4cc(OC)cc(OC)c4)o3)o2)c1. The van der Waals surface area contributed by atoms with Crippen molar-refractivity contribution in [1.29, 1.82) is 0 Å². The minimum Gasteiger partial charge on any atom is -0.497 e. The van der Waals surface area contributed by atoms with Gasteiger partial charge in [-0.3, -0.25) is 0 Å². The molecule has 30 heavy (non-hydrogen) atoms. The molecule has 0 N–H and O–H groups in total. The van der Waals surface area contributed by atoms with Crippen molar-refractivity contribution in [3.63, 3.8) is 0 Å². The van der Waals surface area contributed by atoms with E-state index in [1.807, 2.05) is 24.3 Å². The normalized spacial score (nSPS) is 10.8. The number of methoxy groups -OCH3 is 3. The summed E-state index contributed by atoms with van der Waals surface area (Å²) in [6.07, 6.45) is 0. The summed E-state index contributed by atoms with van der Waals surface area (Å²) in [5, 5.41) is 16.7. The summed E-state index contributed by atoms with van der Waals surface area (Å²) in [7, 11) is 4.77. The number of thioether (sulfide) groups is 1. The van der Waals surface area contributed by atoms with Gasteiger partial charge in [0.1, 0.15) is 17.2 Å². The van der Waals surface area contributed by atoms with Crippen LogP contribution in [0.25, 0.3) is 22.9 Å². The maximum absolute atomic E-state index is 5.74. The maximum Gasteiger partial charge on any atom is 0.277 e. The van der Waals surface area contributed by atoms with Gasteiger partial charge in [0.15, 0.2) is 0 Å². The first-order valence-electron chi connectivity index (χ1n) is 8.85. The van der Waals surface area contributed by atoms with E-state index in [4.69, 9.17) is 23.0 Å². The minimum absolute atomic E-state index is 0.359. The molecule has 0 bridgehead atoms. The highest BCUT2D eigenvalue weighted by Crippen LogP contribution is 2.31. The Kier molecular flexibility index (Phi) is 5.84. The Balaban J connectivity index is 1.45. The Bertz CT molecular complexity index is 1120. The van der Waals surface area contributed by atoms with E-state index in [0.717, 1.165) is 5.56 Å². The van der Waals surface area contributed by atoms with E-state index in [-0.39, 0.29) is 0 Å². The van der Waals surface area contributed by atoms with E-state index in [2.05, 4.69) is 20.4 Å². The summed E-state index contributed by atoms with van der Waals surface area (Å²) in [5.41, 5.74) is 1.48. The van der Waals surface area contributed by atoms with E-state index >= 15 is 0 Å². The molecule has 0 saturated carbocycles. The minimum atomic E-state index is 0.359.